The van der Waals surface area contributed by atoms with Crippen molar-refractivity contribution in [1.29, 1.82) is 0 Å². The van der Waals surface area contributed by atoms with Gasteiger partial charge in [-0.25, -0.2) is 0 Å². The van der Waals surface area contributed by atoms with Crippen LogP contribution in [0.5, 0.6) is 11.5 Å². The Kier molecular flexibility index (Phi) is 4.77. The lowest BCUT2D eigenvalue weighted by Crippen LogP contribution is -2.13. The third kappa shape index (κ3) is 3.45. The number of nitrogens with one attached hydrogen (secondary N) is 1. The first kappa shape index (κ1) is 18.1. The number of aryl methyl sites for hydroxylation is 2. The quantitative estimate of drug-likeness (QED) is 0.746. The van der Waals surface area contributed by atoms with Gasteiger partial charge in [-0.1, -0.05) is 12.1 Å². The van der Waals surface area contributed by atoms with E-state index in [0.717, 1.165) is 34.5 Å². The van der Waals surface area contributed by atoms with Crippen LogP contribution in [0, 0.1) is 13.8 Å². The normalized spacial score (nSPS) is 13.1. The molecule has 0 saturated carbocycles. The monoisotopic (exact) mass is 377 g/mol. The van der Waals surface area contributed by atoms with E-state index in [1.165, 1.54) is 0 Å². The minimum absolute atomic E-state index is 0.191. The molecule has 1 aliphatic heterocycles. The predicted molar refractivity (Wildman–Crippen MR) is 108 cm³/mol. The van der Waals surface area contributed by atoms with Gasteiger partial charge in [-0.2, -0.15) is 5.10 Å². The fraction of sp³-hybridized carbons (Fsp3) is 0.273. The van der Waals surface area contributed by atoms with Gasteiger partial charge in [-0.05, 0) is 49.2 Å². The molecule has 0 radical (unpaired) electrons. The maximum Gasteiger partial charge on any atom is 0.259 e. The van der Waals surface area contributed by atoms with Crippen LogP contribution < -0.4 is 14.8 Å². The molecule has 2 aromatic carbocycles. The number of nitrogens with zero attached hydrogens (tertiary/aromatic N) is 2. The molecule has 28 heavy (non-hydrogen) atoms. The highest BCUT2D eigenvalue weighted by molar-refractivity contribution is 6.08. The molecule has 1 aliphatic rings. The van der Waals surface area contributed by atoms with Gasteiger partial charge >= 0.3 is 0 Å². The first-order valence-corrected chi connectivity index (χ1v) is 9.34. The van der Waals surface area contributed by atoms with E-state index in [4.69, 9.17) is 9.47 Å². The molecule has 1 N–H and O–H groups in total. The lowest BCUT2D eigenvalue weighted by Gasteiger charge is -2.11. The van der Waals surface area contributed by atoms with Crippen LogP contribution in [0.4, 0.5) is 5.69 Å². The molecule has 0 saturated heterocycles. The minimum Gasteiger partial charge on any atom is -0.490 e. The van der Waals surface area contributed by atoms with Gasteiger partial charge in [0.05, 0.1) is 18.8 Å². The third-order valence-corrected chi connectivity index (χ3v) is 4.95. The van der Waals surface area contributed by atoms with Crippen LogP contribution in [0.15, 0.2) is 42.6 Å². The Morgan fingerprint density at radius 2 is 1.89 bits per heavy atom. The number of ether oxygens (including phenoxy) is 2. The molecule has 0 aliphatic carbocycles. The number of hydrogen-bond acceptors (Lipinski definition) is 4. The summed E-state index contributed by atoms with van der Waals surface area (Å²) in [5, 5.41) is 7.53. The zero-order valence-electron chi connectivity index (χ0n) is 16.3. The average Bonchev–Trinajstić information content (AvgIpc) is 2.92. The van der Waals surface area contributed by atoms with Crippen molar-refractivity contribution in [2.45, 2.75) is 20.3 Å². The van der Waals surface area contributed by atoms with Gasteiger partial charge < -0.3 is 14.8 Å². The van der Waals surface area contributed by atoms with E-state index in [2.05, 4.69) is 10.4 Å². The summed E-state index contributed by atoms with van der Waals surface area (Å²) in [6.45, 7) is 5.27. The lowest BCUT2D eigenvalue weighted by atomic mass is 10.1. The fourth-order valence-electron chi connectivity index (χ4n) is 3.25. The maximum absolute atomic E-state index is 13.0. The van der Waals surface area contributed by atoms with Crippen molar-refractivity contribution in [1.82, 2.24) is 9.78 Å². The maximum atomic E-state index is 13.0. The van der Waals surface area contributed by atoms with Gasteiger partial charge in [0.2, 0.25) is 0 Å². The number of carbonyl (C=O) groups is 1. The summed E-state index contributed by atoms with van der Waals surface area (Å²) >= 11 is 0. The van der Waals surface area contributed by atoms with Crippen molar-refractivity contribution in [2.75, 3.05) is 18.5 Å². The molecule has 0 bridgehead atoms. The SMILES string of the molecule is Cc1cccc(NC(=O)c2cn(C)nc2-c2ccc3c(c2)OCCCO3)c1C. The molecule has 2 heterocycles. The summed E-state index contributed by atoms with van der Waals surface area (Å²) in [7, 11) is 1.81. The van der Waals surface area contributed by atoms with Crippen LogP contribution in [0.3, 0.4) is 0 Å². The molecule has 1 aromatic heterocycles. The average molecular weight is 377 g/mol. The summed E-state index contributed by atoms with van der Waals surface area (Å²) < 4.78 is 13.1. The zero-order chi connectivity index (χ0) is 19.7. The predicted octanol–water partition coefficient (Wildman–Crippen LogP) is 4.12. The second kappa shape index (κ2) is 7.38. The second-order valence-electron chi connectivity index (χ2n) is 6.98. The van der Waals surface area contributed by atoms with Gasteiger partial charge in [0.1, 0.15) is 5.69 Å². The molecule has 6 heteroatoms. The van der Waals surface area contributed by atoms with E-state index in [0.29, 0.717) is 30.2 Å². The number of benzene rings is 2. The highest BCUT2D eigenvalue weighted by Crippen LogP contribution is 2.35. The standard InChI is InChI=1S/C22H23N3O3/c1-14-6-4-7-18(15(14)2)23-22(26)17-13-25(3)24-21(17)16-8-9-19-20(12-16)28-11-5-10-27-19/h4,6-9,12-13H,5,10-11H2,1-3H3,(H,23,26). The second-order valence-corrected chi connectivity index (χ2v) is 6.98. The molecule has 1 amide bonds. The molecule has 0 spiro atoms. The molecular weight excluding hydrogens is 354 g/mol. The first-order chi connectivity index (χ1) is 13.5. The number of amides is 1. The van der Waals surface area contributed by atoms with Crippen molar-refractivity contribution in [3.63, 3.8) is 0 Å². The Balaban J connectivity index is 1.68. The molecule has 6 nitrogen and oxygen atoms in total. The van der Waals surface area contributed by atoms with E-state index in [1.54, 1.807) is 17.9 Å². The summed E-state index contributed by atoms with van der Waals surface area (Å²) in [6.07, 6.45) is 2.58. The third-order valence-electron chi connectivity index (χ3n) is 4.95. The van der Waals surface area contributed by atoms with Crippen LogP contribution in [-0.2, 0) is 7.05 Å². The molecule has 0 atom stereocenters. The zero-order valence-corrected chi connectivity index (χ0v) is 16.3. The van der Waals surface area contributed by atoms with Crippen molar-refractivity contribution >= 4 is 11.6 Å². The van der Waals surface area contributed by atoms with E-state index < -0.39 is 0 Å². The Labute approximate surface area is 164 Å². The Hall–Kier alpha value is -3.28. The molecule has 0 fully saturated rings. The number of hydrogen-bond donors (Lipinski definition) is 1. The first-order valence-electron chi connectivity index (χ1n) is 9.34. The highest BCUT2D eigenvalue weighted by Gasteiger charge is 2.20. The topological polar surface area (TPSA) is 65.4 Å². The molecule has 0 unspecified atom stereocenters. The molecule has 144 valence electrons. The van der Waals surface area contributed by atoms with Gasteiger partial charge in [-0.15, -0.1) is 0 Å². The Morgan fingerprint density at radius 3 is 2.71 bits per heavy atom. The van der Waals surface area contributed by atoms with E-state index in [1.807, 2.05) is 50.2 Å². The van der Waals surface area contributed by atoms with Crippen LogP contribution in [-0.4, -0.2) is 28.9 Å². The summed E-state index contributed by atoms with van der Waals surface area (Å²) in [6, 6.07) is 11.5. The van der Waals surface area contributed by atoms with Crippen LogP contribution >= 0.6 is 0 Å². The van der Waals surface area contributed by atoms with Crippen molar-refractivity contribution in [3.05, 3.63) is 59.3 Å². The number of rotatable bonds is 3. The smallest absolute Gasteiger partial charge is 0.259 e. The van der Waals surface area contributed by atoms with Crippen molar-refractivity contribution < 1.29 is 14.3 Å². The Bertz CT molecular complexity index is 1040. The van der Waals surface area contributed by atoms with E-state index >= 15 is 0 Å². The van der Waals surface area contributed by atoms with Crippen molar-refractivity contribution in [3.8, 4) is 22.8 Å². The van der Waals surface area contributed by atoms with Gasteiger partial charge in [0.25, 0.3) is 5.91 Å². The number of aromatic nitrogens is 2. The van der Waals surface area contributed by atoms with Crippen molar-refractivity contribution in [2.24, 2.45) is 7.05 Å². The number of carbonyl (C=O) groups excluding carboxylic acids is 1. The van der Waals surface area contributed by atoms with Crippen LogP contribution in [0.2, 0.25) is 0 Å². The Morgan fingerprint density at radius 1 is 1.11 bits per heavy atom. The number of anilines is 1. The molecule has 3 aromatic rings. The lowest BCUT2D eigenvalue weighted by molar-refractivity contribution is 0.102. The van der Waals surface area contributed by atoms with E-state index in [9.17, 15) is 4.79 Å². The molecular formula is C22H23N3O3. The largest absolute Gasteiger partial charge is 0.490 e. The van der Waals surface area contributed by atoms with Gasteiger partial charge in [0, 0.05) is 30.9 Å². The minimum atomic E-state index is -0.191. The summed E-state index contributed by atoms with van der Waals surface area (Å²) in [5.74, 6) is 1.21. The molecule has 4 rings (SSSR count). The van der Waals surface area contributed by atoms with Gasteiger partial charge in [-0.3, -0.25) is 9.48 Å². The van der Waals surface area contributed by atoms with E-state index in [-0.39, 0.29) is 5.91 Å². The number of fused-ring (bicyclic) bond motifs is 1. The summed E-state index contributed by atoms with van der Waals surface area (Å²) in [5.41, 5.74) is 4.93. The fourth-order valence-corrected chi connectivity index (χ4v) is 3.25. The van der Waals surface area contributed by atoms with Crippen LogP contribution in [0.25, 0.3) is 11.3 Å². The highest BCUT2D eigenvalue weighted by atomic mass is 16.5. The van der Waals surface area contributed by atoms with Gasteiger partial charge in [0.15, 0.2) is 11.5 Å². The van der Waals surface area contributed by atoms with Crippen LogP contribution in [0.1, 0.15) is 27.9 Å². The summed E-state index contributed by atoms with van der Waals surface area (Å²) in [4.78, 5) is 13.0.